The van der Waals surface area contributed by atoms with Crippen molar-refractivity contribution in [1.29, 1.82) is 0 Å². The number of benzene rings is 2. The van der Waals surface area contributed by atoms with Gasteiger partial charge in [-0.3, -0.25) is 9.52 Å². The third-order valence-electron chi connectivity index (χ3n) is 3.64. The van der Waals surface area contributed by atoms with Gasteiger partial charge in [0.1, 0.15) is 11.4 Å². The van der Waals surface area contributed by atoms with Crippen molar-refractivity contribution >= 4 is 38.1 Å². The molecule has 1 amide bonds. The van der Waals surface area contributed by atoms with Crippen LogP contribution < -0.4 is 14.8 Å². The highest BCUT2D eigenvalue weighted by atomic mass is 32.2. The van der Waals surface area contributed by atoms with Crippen molar-refractivity contribution in [3.63, 3.8) is 0 Å². The fourth-order valence-electron chi connectivity index (χ4n) is 2.25. The lowest BCUT2D eigenvalue weighted by Crippen LogP contribution is -2.17. The van der Waals surface area contributed by atoms with Crippen molar-refractivity contribution in [3.05, 3.63) is 65.2 Å². The number of nitrogens with one attached hydrogen (secondary N) is 2. The van der Waals surface area contributed by atoms with Gasteiger partial charge in [-0.25, -0.2) is 13.4 Å². The number of halogens is 3. The highest BCUT2D eigenvalue weighted by Gasteiger charge is 2.31. The molecule has 12 heteroatoms. The Bertz CT molecular complexity index is 1140. The molecule has 0 aliphatic carbocycles. The van der Waals surface area contributed by atoms with Gasteiger partial charge < -0.3 is 10.1 Å². The predicted molar refractivity (Wildman–Crippen MR) is 105 cm³/mol. The van der Waals surface area contributed by atoms with Crippen LogP contribution >= 0.6 is 11.3 Å². The van der Waals surface area contributed by atoms with E-state index < -0.39 is 28.0 Å². The van der Waals surface area contributed by atoms with Crippen LogP contribution in [0.4, 0.5) is 24.0 Å². The van der Waals surface area contributed by atoms with Crippen molar-refractivity contribution in [2.24, 2.45) is 0 Å². The maximum atomic E-state index is 12.4. The van der Waals surface area contributed by atoms with Gasteiger partial charge in [-0.05, 0) is 43.3 Å². The number of rotatable bonds is 6. The van der Waals surface area contributed by atoms with E-state index in [1.807, 2.05) is 6.92 Å². The summed E-state index contributed by atoms with van der Waals surface area (Å²) < 4.78 is 67.3. The second-order valence-electron chi connectivity index (χ2n) is 5.98. The Hall–Kier alpha value is -3.12. The number of carbonyl (C=O) groups excluding carboxylic acids is 1. The molecule has 30 heavy (non-hydrogen) atoms. The number of hydrogen-bond donors (Lipinski definition) is 2. The summed E-state index contributed by atoms with van der Waals surface area (Å²) in [4.78, 5) is 16.3. The molecule has 2 aromatic carbocycles. The average molecular weight is 457 g/mol. The van der Waals surface area contributed by atoms with Crippen LogP contribution in [-0.4, -0.2) is 25.7 Å². The topological polar surface area (TPSA) is 97.4 Å². The van der Waals surface area contributed by atoms with Gasteiger partial charge in [-0.1, -0.05) is 17.7 Å². The van der Waals surface area contributed by atoms with E-state index in [4.69, 9.17) is 0 Å². The zero-order chi connectivity index (χ0) is 21.9. The number of aromatic nitrogens is 1. The second kappa shape index (κ2) is 8.32. The molecule has 0 unspecified atom stereocenters. The molecule has 0 radical (unpaired) electrons. The highest BCUT2D eigenvalue weighted by Crippen LogP contribution is 2.25. The second-order valence-corrected chi connectivity index (χ2v) is 8.52. The predicted octanol–water partition coefficient (Wildman–Crippen LogP) is 4.40. The largest absolute Gasteiger partial charge is 0.573 e. The Kier molecular flexibility index (Phi) is 5.99. The highest BCUT2D eigenvalue weighted by molar-refractivity contribution is 7.93. The van der Waals surface area contributed by atoms with Gasteiger partial charge in [0.25, 0.3) is 15.9 Å². The van der Waals surface area contributed by atoms with Gasteiger partial charge in [-0.2, -0.15) is 0 Å². The van der Waals surface area contributed by atoms with Crippen molar-refractivity contribution < 1.29 is 31.1 Å². The SMILES string of the molecule is Cc1ccc(S(=O)(=O)Nc2nc(C(=O)Nc3ccc(OC(F)(F)F)cc3)cs2)cc1. The third kappa shape index (κ3) is 5.70. The summed E-state index contributed by atoms with van der Waals surface area (Å²) >= 11 is 0.915. The molecule has 0 saturated carbocycles. The molecular weight excluding hydrogens is 443 g/mol. The first kappa shape index (κ1) is 21.6. The molecule has 7 nitrogen and oxygen atoms in total. The third-order valence-corrected chi connectivity index (χ3v) is 5.88. The number of thiazole rings is 1. The van der Waals surface area contributed by atoms with Crippen LogP contribution in [0.5, 0.6) is 5.75 Å². The Labute approximate surface area is 173 Å². The monoisotopic (exact) mass is 457 g/mol. The number of hydrogen-bond acceptors (Lipinski definition) is 6. The van der Waals surface area contributed by atoms with Crippen LogP contribution in [0.2, 0.25) is 0 Å². The Morgan fingerprint density at radius 3 is 2.30 bits per heavy atom. The number of anilines is 2. The van der Waals surface area contributed by atoms with Crippen LogP contribution in [0.1, 0.15) is 16.1 Å². The van der Waals surface area contributed by atoms with E-state index >= 15 is 0 Å². The molecule has 1 heterocycles. The van der Waals surface area contributed by atoms with Gasteiger partial charge in [0, 0.05) is 11.1 Å². The summed E-state index contributed by atoms with van der Waals surface area (Å²) in [7, 11) is -3.86. The molecule has 0 atom stereocenters. The number of sulfonamides is 1. The summed E-state index contributed by atoms with van der Waals surface area (Å²) in [5, 5.41) is 3.80. The van der Waals surface area contributed by atoms with Crippen LogP contribution in [-0.2, 0) is 10.0 Å². The zero-order valence-electron chi connectivity index (χ0n) is 15.2. The van der Waals surface area contributed by atoms with E-state index in [-0.39, 0.29) is 21.4 Å². The number of carbonyl (C=O) groups is 1. The van der Waals surface area contributed by atoms with Crippen LogP contribution in [0.15, 0.2) is 58.8 Å². The number of nitrogens with zero attached hydrogens (tertiary/aromatic N) is 1. The number of alkyl halides is 3. The average Bonchev–Trinajstić information content (AvgIpc) is 3.10. The van der Waals surface area contributed by atoms with Gasteiger partial charge >= 0.3 is 6.36 Å². The van der Waals surface area contributed by atoms with Crippen LogP contribution in [0.3, 0.4) is 0 Å². The maximum absolute atomic E-state index is 12.4. The molecule has 0 spiro atoms. The number of ether oxygens (including phenoxy) is 1. The number of amides is 1. The van der Waals surface area contributed by atoms with E-state index in [9.17, 15) is 26.4 Å². The zero-order valence-corrected chi connectivity index (χ0v) is 16.9. The van der Waals surface area contributed by atoms with Crippen molar-refractivity contribution in [1.82, 2.24) is 4.98 Å². The van der Waals surface area contributed by atoms with E-state index in [2.05, 4.69) is 19.8 Å². The fourth-order valence-corrected chi connectivity index (χ4v) is 4.19. The minimum Gasteiger partial charge on any atom is -0.406 e. The van der Waals surface area contributed by atoms with Gasteiger partial charge in [0.2, 0.25) is 0 Å². The lowest BCUT2D eigenvalue weighted by molar-refractivity contribution is -0.274. The first-order valence-electron chi connectivity index (χ1n) is 8.24. The van der Waals surface area contributed by atoms with Crippen LogP contribution in [0, 0.1) is 6.92 Å². The maximum Gasteiger partial charge on any atom is 0.573 e. The van der Waals surface area contributed by atoms with Gasteiger partial charge in [0.05, 0.1) is 4.90 Å². The normalized spacial score (nSPS) is 11.7. The summed E-state index contributed by atoms with van der Waals surface area (Å²) in [6, 6.07) is 10.8. The fraction of sp³-hybridized carbons (Fsp3) is 0.111. The van der Waals surface area contributed by atoms with E-state index in [0.717, 1.165) is 29.0 Å². The van der Waals surface area contributed by atoms with Gasteiger partial charge in [0.15, 0.2) is 5.13 Å². The molecule has 0 fully saturated rings. The quantitative estimate of drug-likeness (QED) is 0.572. The molecule has 158 valence electrons. The Balaban J connectivity index is 1.65. The van der Waals surface area contributed by atoms with Crippen molar-refractivity contribution in [2.75, 3.05) is 10.0 Å². The van der Waals surface area contributed by atoms with Gasteiger partial charge in [-0.15, -0.1) is 24.5 Å². The minimum absolute atomic E-state index is 0.00495. The summed E-state index contributed by atoms with van der Waals surface area (Å²) in [6.07, 6.45) is -4.81. The molecular formula is C18H14F3N3O4S2. The van der Waals surface area contributed by atoms with Crippen LogP contribution in [0.25, 0.3) is 0 Å². The Morgan fingerprint density at radius 2 is 1.70 bits per heavy atom. The number of aryl methyl sites for hydroxylation is 1. The molecule has 2 N–H and O–H groups in total. The molecule has 0 bridgehead atoms. The summed E-state index contributed by atoms with van der Waals surface area (Å²) in [5.41, 5.74) is 1.06. The first-order valence-corrected chi connectivity index (χ1v) is 10.6. The lowest BCUT2D eigenvalue weighted by Gasteiger charge is -2.09. The molecule has 0 saturated heterocycles. The van der Waals surface area contributed by atoms with E-state index in [0.29, 0.717) is 0 Å². The smallest absolute Gasteiger partial charge is 0.406 e. The summed E-state index contributed by atoms with van der Waals surface area (Å²) in [6.45, 7) is 1.83. The Morgan fingerprint density at radius 1 is 1.07 bits per heavy atom. The summed E-state index contributed by atoms with van der Waals surface area (Å²) in [5.74, 6) is -1.08. The van der Waals surface area contributed by atoms with E-state index in [1.54, 1.807) is 12.1 Å². The molecule has 3 aromatic rings. The standard InChI is InChI=1S/C18H14F3N3O4S2/c1-11-2-8-14(9-3-11)30(26,27)24-17-23-15(10-29-17)16(25)22-12-4-6-13(7-5-12)28-18(19,20)21/h2-10H,1H3,(H,22,25)(H,23,24). The minimum atomic E-state index is -4.81. The molecule has 0 aliphatic rings. The first-order chi connectivity index (χ1) is 14.0. The molecule has 1 aromatic heterocycles. The molecule has 0 aliphatic heterocycles. The molecule has 3 rings (SSSR count). The lowest BCUT2D eigenvalue weighted by atomic mass is 10.2. The van der Waals surface area contributed by atoms with Crippen molar-refractivity contribution in [3.8, 4) is 5.75 Å². The van der Waals surface area contributed by atoms with Crippen molar-refractivity contribution in [2.45, 2.75) is 18.2 Å². The van der Waals surface area contributed by atoms with E-state index in [1.165, 1.54) is 29.6 Å².